The second-order valence-electron chi connectivity index (χ2n) is 2.24. The molecule has 0 aliphatic rings. The van der Waals surface area contributed by atoms with E-state index in [-0.39, 0.29) is 0 Å². The minimum absolute atomic E-state index is 0.422. The van der Waals surface area contributed by atoms with Crippen LogP contribution in [-0.4, -0.2) is 16.5 Å². The third kappa shape index (κ3) is 7.41. The normalized spacial score (nSPS) is 9.80. The van der Waals surface area contributed by atoms with Gasteiger partial charge in [0.2, 0.25) is 0 Å². The van der Waals surface area contributed by atoms with Gasteiger partial charge in [0.1, 0.15) is 0 Å². The number of nitrogens with zero attached hydrogens (tertiary/aromatic N) is 1. The van der Waals surface area contributed by atoms with Crippen molar-refractivity contribution < 1.29 is 10.2 Å². The van der Waals surface area contributed by atoms with Crippen LogP contribution in [0.25, 0.3) is 0 Å². The quantitative estimate of drug-likeness (QED) is 0.441. The van der Waals surface area contributed by atoms with Gasteiger partial charge in [0, 0.05) is 6.42 Å². The molecule has 0 spiro atoms. The van der Waals surface area contributed by atoms with Crippen LogP contribution < -0.4 is 0 Å². The van der Waals surface area contributed by atoms with Gasteiger partial charge in [0.25, 0.3) is 0 Å². The van der Waals surface area contributed by atoms with Gasteiger partial charge in [0.15, 0.2) is 6.29 Å². The molecule has 0 heterocycles. The Balaban J connectivity index is 2.86. The number of aliphatic hydroxyl groups is 2. The van der Waals surface area contributed by atoms with E-state index < -0.39 is 6.29 Å². The highest BCUT2D eigenvalue weighted by atomic mass is 16.5. The summed E-state index contributed by atoms with van der Waals surface area (Å²) in [4.78, 5) is 0. The second-order valence-corrected chi connectivity index (χ2v) is 2.24. The lowest BCUT2D eigenvalue weighted by Gasteiger charge is -2.00. The zero-order chi connectivity index (χ0) is 7.82. The van der Waals surface area contributed by atoms with Gasteiger partial charge in [-0.2, -0.15) is 5.26 Å². The molecule has 0 aromatic carbocycles. The van der Waals surface area contributed by atoms with Crippen molar-refractivity contribution in [2.24, 2.45) is 0 Å². The predicted molar refractivity (Wildman–Crippen MR) is 36.9 cm³/mol. The van der Waals surface area contributed by atoms with Crippen LogP contribution >= 0.6 is 0 Å². The number of rotatable bonds is 5. The summed E-state index contributed by atoms with van der Waals surface area (Å²) in [6.45, 7) is 0. The van der Waals surface area contributed by atoms with E-state index in [4.69, 9.17) is 15.5 Å². The summed E-state index contributed by atoms with van der Waals surface area (Å²) < 4.78 is 0. The number of hydrogen-bond acceptors (Lipinski definition) is 3. The molecule has 0 saturated carbocycles. The van der Waals surface area contributed by atoms with Gasteiger partial charge in [-0.05, 0) is 19.3 Å². The molecule has 0 saturated heterocycles. The summed E-state index contributed by atoms with van der Waals surface area (Å²) in [7, 11) is 0. The molecular formula is C7H13NO2. The third-order valence-electron chi connectivity index (χ3n) is 1.25. The van der Waals surface area contributed by atoms with E-state index in [0.717, 1.165) is 19.3 Å². The average molecular weight is 143 g/mol. The highest BCUT2D eigenvalue weighted by molar-refractivity contribution is 4.67. The summed E-state index contributed by atoms with van der Waals surface area (Å²) in [6.07, 6.45) is 2.38. The molecule has 0 bridgehead atoms. The number of unbranched alkanes of at least 4 members (excludes halogenated alkanes) is 3. The molecule has 0 aliphatic carbocycles. The fourth-order valence-corrected chi connectivity index (χ4v) is 0.708. The van der Waals surface area contributed by atoms with Crippen molar-refractivity contribution in [3.63, 3.8) is 0 Å². The summed E-state index contributed by atoms with van der Waals surface area (Å²) in [5.41, 5.74) is 0. The van der Waals surface area contributed by atoms with Gasteiger partial charge in [0.05, 0.1) is 6.07 Å². The van der Waals surface area contributed by atoms with Crippen LogP contribution in [0.15, 0.2) is 0 Å². The maximum absolute atomic E-state index is 8.40. The van der Waals surface area contributed by atoms with Crippen molar-refractivity contribution in [2.45, 2.75) is 38.4 Å². The van der Waals surface area contributed by atoms with Crippen molar-refractivity contribution in [1.29, 1.82) is 5.26 Å². The van der Waals surface area contributed by atoms with Crippen molar-refractivity contribution in [3.05, 3.63) is 0 Å². The fraction of sp³-hybridized carbons (Fsp3) is 0.857. The standard InChI is InChI=1S/C7H13NO2/c8-6-4-2-1-3-5-7(9)10/h7,9-10H,1-5H2. The molecule has 10 heavy (non-hydrogen) atoms. The molecule has 0 amide bonds. The minimum Gasteiger partial charge on any atom is -0.368 e. The van der Waals surface area contributed by atoms with Gasteiger partial charge in [-0.25, -0.2) is 0 Å². The number of nitriles is 1. The largest absolute Gasteiger partial charge is 0.368 e. The molecule has 0 atom stereocenters. The molecule has 0 aliphatic heterocycles. The lowest BCUT2D eigenvalue weighted by molar-refractivity contribution is -0.0465. The molecule has 3 heteroatoms. The Morgan fingerprint density at radius 3 is 2.40 bits per heavy atom. The van der Waals surface area contributed by atoms with Gasteiger partial charge in [-0.15, -0.1) is 0 Å². The molecule has 0 radical (unpaired) electrons. The summed E-state index contributed by atoms with van der Waals surface area (Å²) in [5.74, 6) is 0. The highest BCUT2D eigenvalue weighted by Gasteiger charge is 1.95. The third-order valence-corrected chi connectivity index (χ3v) is 1.25. The van der Waals surface area contributed by atoms with Crippen molar-refractivity contribution in [2.75, 3.05) is 0 Å². The molecule has 3 nitrogen and oxygen atoms in total. The van der Waals surface area contributed by atoms with Crippen LogP contribution in [0.4, 0.5) is 0 Å². The van der Waals surface area contributed by atoms with E-state index in [0.29, 0.717) is 12.8 Å². The average Bonchev–Trinajstić information content (AvgIpc) is 1.87. The van der Waals surface area contributed by atoms with Crippen LogP contribution in [0.1, 0.15) is 32.1 Å². The zero-order valence-corrected chi connectivity index (χ0v) is 5.95. The fourth-order valence-electron chi connectivity index (χ4n) is 0.708. The van der Waals surface area contributed by atoms with Gasteiger partial charge < -0.3 is 10.2 Å². The molecule has 58 valence electrons. The molecule has 2 N–H and O–H groups in total. The second kappa shape index (κ2) is 6.53. The SMILES string of the molecule is N#CCCCCCC(O)O. The number of aliphatic hydroxyl groups excluding tert-OH is 1. The Hall–Kier alpha value is -0.590. The lowest BCUT2D eigenvalue weighted by Crippen LogP contribution is -2.02. The first-order valence-corrected chi connectivity index (χ1v) is 3.50. The molecule has 0 aromatic heterocycles. The number of hydrogen-bond donors (Lipinski definition) is 2. The molecule has 0 aromatic rings. The highest BCUT2D eigenvalue weighted by Crippen LogP contribution is 2.03. The summed E-state index contributed by atoms with van der Waals surface area (Å²) in [5, 5.41) is 24.9. The van der Waals surface area contributed by atoms with Gasteiger partial charge in [-0.3, -0.25) is 0 Å². The molecule has 0 rings (SSSR count). The topological polar surface area (TPSA) is 64.2 Å². The Kier molecular flexibility index (Phi) is 6.14. The molecule has 0 unspecified atom stereocenters. The maximum atomic E-state index is 8.40. The predicted octanol–water partition coefficient (Wildman–Crippen LogP) is 0.771. The van der Waals surface area contributed by atoms with Crippen LogP contribution in [-0.2, 0) is 0 Å². The Morgan fingerprint density at radius 2 is 1.90 bits per heavy atom. The van der Waals surface area contributed by atoms with E-state index >= 15 is 0 Å². The van der Waals surface area contributed by atoms with Crippen LogP contribution in [0, 0.1) is 11.3 Å². The maximum Gasteiger partial charge on any atom is 0.151 e. The minimum atomic E-state index is -1.18. The van der Waals surface area contributed by atoms with Gasteiger partial charge >= 0.3 is 0 Å². The van der Waals surface area contributed by atoms with E-state index in [9.17, 15) is 0 Å². The molecular weight excluding hydrogens is 130 g/mol. The summed E-state index contributed by atoms with van der Waals surface area (Å²) in [6, 6.07) is 2.03. The Morgan fingerprint density at radius 1 is 1.20 bits per heavy atom. The Labute approximate surface area is 60.9 Å². The van der Waals surface area contributed by atoms with Crippen LogP contribution in [0.2, 0.25) is 0 Å². The van der Waals surface area contributed by atoms with E-state index in [1.807, 2.05) is 6.07 Å². The van der Waals surface area contributed by atoms with Crippen molar-refractivity contribution >= 4 is 0 Å². The van der Waals surface area contributed by atoms with E-state index in [2.05, 4.69) is 0 Å². The van der Waals surface area contributed by atoms with Crippen molar-refractivity contribution in [3.8, 4) is 6.07 Å². The Bertz CT molecular complexity index is 107. The monoisotopic (exact) mass is 143 g/mol. The van der Waals surface area contributed by atoms with E-state index in [1.54, 1.807) is 0 Å². The first-order chi connectivity index (χ1) is 4.77. The van der Waals surface area contributed by atoms with Crippen LogP contribution in [0.5, 0.6) is 0 Å². The van der Waals surface area contributed by atoms with E-state index in [1.165, 1.54) is 0 Å². The molecule has 0 fully saturated rings. The van der Waals surface area contributed by atoms with Crippen molar-refractivity contribution in [1.82, 2.24) is 0 Å². The van der Waals surface area contributed by atoms with Gasteiger partial charge in [-0.1, -0.05) is 6.42 Å². The summed E-state index contributed by atoms with van der Waals surface area (Å²) >= 11 is 0. The van der Waals surface area contributed by atoms with Crippen LogP contribution in [0.3, 0.4) is 0 Å². The first kappa shape index (κ1) is 9.41. The first-order valence-electron chi connectivity index (χ1n) is 3.50. The zero-order valence-electron chi connectivity index (χ0n) is 5.95. The smallest absolute Gasteiger partial charge is 0.151 e. The lowest BCUT2D eigenvalue weighted by atomic mass is 10.1.